The molecule has 1 N–H and O–H groups in total. The Morgan fingerprint density at radius 3 is 1.74 bits per heavy atom. The van der Waals surface area contributed by atoms with Gasteiger partial charge in [0, 0.05) is 34.6 Å². The van der Waals surface area contributed by atoms with Crippen LogP contribution in [-0.4, -0.2) is 67.0 Å². The van der Waals surface area contributed by atoms with E-state index in [9.17, 15) is 24.0 Å². The third kappa shape index (κ3) is 7.21. The minimum Gasteiger partial charge on any atom is -0.463 e. The highest BCUT2D eigenvalue weighted by molar-refractivity contribution is 5.74. The van der Waals surface area contributed by atoms with Crippen LogP contribution in [0.3, 0.4) is 0 Å². The highest BCUT2D eigenvalue weighted by Gasteiger charge is 2.52. The molecule has 2 unspecified atom stereocenters. The molecule has 152 valence electrons. The van der Waals surface area contributed by atoms with E-state index in [0.29, 0.717) is 0 Å². The van der Waals surface area contributed by atoms with Gasteiger partial charge in [0.05, 0.1) is 0 Å². The van der Waals surface area contributed by atoms with Crippen LogP contribution in [0.15, 0.2) is 0 Å². The summed E-state index contributed by atoms with van der Waals surface area (Å²) in [5.74, 6) is -3.34. The van der Waals surface area contributed by atoms with Gasteiger partial charge in [-0.3, -0.25) is 24.0 Å². The van der Waals surface area contributed by atoms with Gasteiger partial charge < -0.3 is 29.0 Å². The zero-order valence-electron chi connectivity index (χ0n) is 15.7. The Morgan fingerprint density at radius 1 is 0.778 bits per heavy atom. The SMILES string of the molecule is CC(=O)NC1[C@@H](OC(C)=O)OC(COC(C)=O)[C@H](OC(C)=O)[C@H]1OC(C)=O. The quantitative estimate of drug-likeness (QED) is 0.453. The Labute approximate surface area is 155 Å². The third-order valence-electron chi connectivity index (χ3n) is 3.35. The molecule has 0 saturated carbocycles. The van der Waals surface area contributed by atoms with E-state index in [2.05, 4.69) is 5.32 Å². The van der Waals surface area contributed by atoms with Crippen molar-refractivity contribution in [2.45, 2.75) is 65.3 Å². The summed E-state index contributed by atoms with van der Waals surface area (Å²) >= 11 is 0. The van der Waals surface area contributed by atoms with Crippen LogP contribution in [0.2, 0.25) is 0 Å². The van der Waals surface area contributed by atoms with Gasteiger partial charge in [-0.1, -0.05) is 0 Å². The molecule has 1 saturated heterocycles. The highest BCUT2D eigenvalue weighted by atomic mass is 16.7. The molecule has 1 aliphatic heterocycles. The number of ether oxygens (including phenoxy) is 5. The van der Waals surface area contributed by atoms with E-state index in [0.717, 1.165) is 27.7 Å². The molecule has 0 spiro atoms. The first-order valence-electron chi connectivity index (χ1n) is 8.08. The smallest absolute Gasteiger partial charge is 0.305 e. The lowest BCUT2D eigenvalue weighted by molar-refractivity contribution is -0.270. The van der Waals surface area contributed by atoms with E-state index in [1.165, 1.54) is 6.92 Å². The third-order valence-corrected chi connectivity index (χ3v) is 3.35. The molecule has 1 aliphatic rings. The van der Waals surface area contributed by atoms with E-state index < -0.39 is 60.4 Å². The number of nitrogens with one attached hydrogen (secondary N) is 1. The number of carbonyl (C=O) groups excluding carboxylic acids is 5. The summed E-state index contributed by atoms with van der Waals surface area (Å²) in [6.07, 6.45) is -4.97. The molecule has 1 heterocycles. The van der Waals surface area contributed by atoms with Gasteiger partial charge in [-0.05, 0) is 0 Å². The number of carbonyl (C=O) groups is 5. The van der Waals surface area contributed by atoms with Gasteiger partial charge in [0.15, 0.2) is 12.2 Å². The molecular weight excluding hydrogens is 366 g/mol. The minimum absolute atomic E-state index is 0.365. The average molecular weight is 389 g/mol. The van der Waals surface area contributed by atoms with Crippen molar-refractivity contribution in [3.63, 3.8) is 0 Å². The number of hydrogen-bond acceptors (Lipinski definition) is 10. The summed E-state index contributed by atoms with van der Waals surface area (Å²) in [5, 5.41) is 2.46. The summed E-state index contributed by atoms with van der Waals surface area (Å²) in [4.78, 5) is 57.2. The average Bonchev–Trinajstić information content (AvgIpc) is 2.49. The zero-order valence-corrected chi connectivity index (χ0v) is 15.7. The molecule has 0 aromatic heterocycles. The lowest BCUT2D eigenvalue weighted by atomic mass is 9.96. The first kappa shape index (κ1) is 22.4. The molecular formula is C16H23NO10. The topological polar surface area (TPSA) is 144 Å². The van der Waals surface area contributed by atoms with Crippen molar-refractivity contribution in [1.82, 2.24) is 5.32 Å². The normalized spacial score (nSPS) is 27.1. The van der Waals surface area contributed by atoms with E-state index in [1.54, 1.807) is 0 Å². The van der Waals surface area contributed by atoms with Gasteiger partial charge in [-0.2, -0.15) is 0 Å². The lowest BCUT2D eigenvalue weighted by Gasteiger charge is -2.44. The van der Waals surface area contributed by atoms with E-state index >= 15 is 0 Å². The van der Waals surface area contributed by atoms with Gasteiger partial charge in [0.2, 0.25) is 12.2 Å². The molecule has 0 bridgehead atoms. The first-order valence-corrected chi connectivity index (χ1v) is 8.08. The van der Waals surface area contributed by atoms with Gasteiger partial charge in [-0.25, -0.2) is 0 Å². The number of amides is 1. The van der Waals surface area contributed by atoms with Gasteiger partial charge >= 0.3 is 23.9 Å². The van der Waals surface area contributed by atoms with E-state index in [1.807, 2.05) is 0 Å². The van der Waals surface area contributed by atoms with E-state index in [4.69, 9.17) is 23.7 Å². The van der Waals surface area contributed by atoms with Crippen LogP contribution in [0, 0.1) is 0 Å². The predicted octanol–water partition coefficient (Wildman–Crippen LogP) is -0.794. The molecule has 11 heteroatoms. The van der Waals surface area contributed by atoms with Crippen molar-refractivity contribution in [3.8, 4) is 0 Å². The Hall–Kier alpha value is -2.69. The van der Waals surface area contributed by atoms with E-state index in [-0.39, 0.29) is 6.61 Å². The van der Waals surface area contributed by atoms with Crippen molar-refractivity contribution in [1.29, 1.82) is 0 Å². The van der Waals surface area contributed by atoms with Crippen molar-refractivity contribution in [2.75, 3.05) is 6.61 Å². The molecule has 0 radical (unpaired) electrons. The maximum Gasteiger partial charge on any atom is 0.305 e. The summed E-state index contributed by atoms with van der Waals surface area (Å²) in [7, 11) is 0. The van der Waals surface area contributed by atoms with Gasteiger partial charge in [0.1, 0.15) is 18.8 Å². The van der Waals surface area contributed by atoms with Crippen LogP contribution in [0.1, 0.15) is 34.6 Å². The van der Waals surface area contributed by atoms with Crippen molar-refractivity contribution in [3.05, 3.63) is 0 Å². The summed E-state index contributed by atoms with van der Waals surface area (Å²) in [5.41, 5.74) is 0. The van der Waals surface area contributed by atoms with Crippen LogP contribution in [0.4, 0.5) is 0 Å². The predicted molar refractivity (Wildman–Crippen MR) is 85.8 cm³/mol. The molecule has 1 amide bonds. The molecule has 1 fully saturated rings. The maximum atomic E-state index is 11.6. The van der Waals surface area contributed by atoms with Crippen LogP contribution < -0.4 is 5.32 Å². The molecule has 0 aromatic rings. The Kier molecular flexibility index (Phi) is 8.16. The van der Waals surface area contributed by atoms with Crippen molar-refractivity contribution in [2.24, 2.45) is 0 Å². The Morgan fingerprint density at radius 2 is 1.30 bits per heavy atom. The zero-order chi connectivity index (χ0) is 20.7. The van der Waals surface area contributed by atoms with Crippen LogP contribution in [0.25, 0.3) is 0 Å². The molecule has 0 aromatic carbocycles. The fraction of sp³-hybridized carbons (Fsp3) is 0.688. The van der Waals surface area contributed by atoms with Gasteiger partial charge in [-0.15, -0.1) is 0 Å². The highest BCUT2D eigenvalue weighted by Crippen LogP contribution is 2.28. The fourth-order valence-corrected chi connectivity index (χ4v) is 2.55. The molecule has 5 atom stereocenters. The van der Waals surface area contributed by atoms with Crippen LogP contribution in [0.5, 0.6) is 0 Å². The molecule has 0 aliphatic carbocycles. The fourth-order valence-electron chi connectivity index (χ4n) is 2.55. The second-order valence-corrected chi connectivity index (χ2v) is 5.83. The Balaban J connectivity index is 3.29. The summed E-state index contributed by atoms with van der Waals surface area (Å²) in [6, 6.07) is -1.16. The second kappa shape index (κ2) is 9.86. The lowest BCUT2D eigenvalue weighted by Crippen LogP contribution is -2.66. The minimum atomic E-state index is -1.37. The van der Waals surface area contributed by atoms with Crippen LogP contribution >= 0.6 is 0 Å². The maximum absolute atomic E-state index is 11.6. The Bertz CT molecular complexity index is 604. The largest absolute Gasteiger partial charge is 0.463 e. The van der Waals surface area contributed by atoms with Crippen LogP contribution in [-0.2, 0) is 47.7 Å². The number of esters is 4. The van der Waals surface area contributed by atoms with Crippen molar-refractivity contribution < 1.29 is 47.7 Å². The summed E-state index contributed by atoms with van der Waals surface area (Å²) in [6.45, 7) is 5.36. The molecule has 27 heavy (non-hydrogen) atoms. The second-order valence-electron chi connectivity index (χ2n) is 5.83. The monoisotopic (exact) mass is 389 g/mol. The van der Waals surface area contributed by atoms with Gasteiger partial charge in [0.25, 0.3) is 0 Å². The first-order chi connectivity index (χ1) is 12.5. The molecule has 1 rings (SSSR count). The summed E-state index contributed by atoms with van der Waals surface area (Å²) < 4.78 is 25.9. The standard InChI is InChI=1S/C16H23NO10/c1-7(18)17-13-15(25-10(4)21)14(24-9(3)20)12(6-23-8(2)19)27-16(13)26-11(5)22/h12-16H,6H2,1-5H3,(H,17,18)/t12?,13?,14-,15-,16-/m0/s1. The van der Waals surface area contributed by atoms with Crippen molar-refractivity contribution >= 4 is 29.8 Å². The molecule has 11 nitrogen and oxygen atoms in total. The number of rotatable bonds is 6. The number of hydrogen-bond donors (Lipinski definition) is 1.